The lowest BCUT2D eigenvalue weighted by Crippen LogP contribution is -2.12. The number of thioether (sulfide) groups is 1. The highest BCUT2D eigenvalue weighted by Crippen LogP contribution is 2.38. The van der Waals surface area contributed by atoms with E-state index >= 15 is 0 Å². The largest absolute Gasteiger partial charge is 0.452 e. The molecule has 5 nitrogen and oxygen atoms in total. The number of aromatic nitrogens is 4. The summed E-state index contributed by atoms with van der Waals surface area (Å²) in [6.07, 6.45) is -0.372. The molecule has 2 heterocycles. The Morgan fingerprint density at radius 1 is 1.20 bits per heavy atom. The summed E-state index contributed by atoms with van der Waals surface area (Å²) in [7, 11) is 0. The average molecular weight is 368 g/mol. The van der Waals surface area contributed by atoms with E-state index < -0.39 is 12.0 Å². The summed E-state index contributed by atoms with van der Waals surface area (Å²) in [5, 5.41) is 17.5. The highest BCUT2D eigenvalue weighted by atomic mass is 32.2. The summed E-state index contributed by atoms with van der Waals surface area (Å²) in [5.74, 6) is -1.07. The van der Waals surface area contributed by atoms with E-state index in [1.165, 1.54) is 17.8 Å². The van der Waals surface area contributed by atoms with Crippen molar-refractivity contribution in [3.05, 3.63) is 29.6 Å². The van der Waals surface area contributed by atoms with Crippen molar-refractivity contribution in [2.24, 2.45) is 0 Å². The van der Waals surface area contributed by atoms with Crippen LogP contribution < -0.4 is 0 Å². The van der Waals surface area contributed by atoms with Crippen molar-refractivity contribution in [3.8, 4) is 0 Å². The first-order valence-corrected chi connectivity index (χ1v) is 8.88. The summed E-state index contributed by atoms with van der Waals surface area (Å²) in [6, 6.07) is 4.79. The van der Waals surface area contributed by atoms with Crippen molar-refractivity contribution in [1.29, 1.82) is 0 Å². The number of fused-ring (bicyclic) bond motifs is 3. The molecule has 0 unspecified atom stereocenters. The summed E-state index contributed by atoms with van der Waals surface area (Å²) < 4.78 is 41.2. The molecule has 1 saturated carbocycles. The van der Waals surface area contributed by atoms with Gasteiger partial charge >= 0.3 is 6.18 Å². The smallest absolute Gasteiger partial charge is 0.392 e. The maximum Gasteiger partial charge on any atom is 0.452 e. The summed E-state index contributed by atoms with van der Waals surface area (Å²) >= 11 is 1.46. The van der Waals surface area contributed by atoms with Crippen LogP contribution in [0.4, 0.5) is 13.2 Å². The van der Waals surface area contributed by atoms with Crippen molar-refractivity contribution in [2.45, 2.75) is 48.7 Å². The van der Waals surface area contributed by atoms with Gasteiger partial charge in [-0.15, -0.1) is 10.2 Å². The molecule has 0 amide bonds. The number of aliphatic hydroxyl groups excluding tert-OH is 1. The molecule has 4 rings (SSSR count). The van der Waals surface area contributed by atoms with Crippen molar-refractivity contribution in [3.63, 3.8) is 0 Å². The highest BCUT2D eigenvalue weighted by molar-refractivity contribution is 8.00. The first-order valence-electron chi connectivity index (χ1n) is 8.00. The molecule has 1 fully saturated rings. The fourth-order valence-corrected chi connectivity index (χ4v) is 4.51. The molecule has 0 aliphatic heterocycles. The van der Waals surface area contributed by atoms with Crippen LogP contribution in [0.2, 0.25) is 0 Å². The third-order valence-corrected chi connectivity index (χ3v) is 5.71. The molecule has 25 heavy (non-hydrogen) atoms. The molecule has 2 aromatic heterocycles. The maximum atomic E-state index is 13.4. The van der Waals surface area contributed by atoms with Crippen LogP contribution in [0.5, 0.6) is 0 Å². The number of para-hydroxylation sites is 1. The van der Waals surface area contributed by atoms with Gasteiger partial charge in [0.15, 0.2) is 5.65 Å². The van der Waals surface area contributed by atoms with Gasteiger partial charge < -0.3 is 5.11 Å². The quantitative estimate of drug-likeness (QED) is 0.761. The van der Waals surface area contributed by atoms with Crippen LogP contribution in [0.3, 0.4) is 0 Å². The van der Waals surface area contributed by atoms with Gasteiger partial charge in [-0.2, -0.15) is 13.2 Å². The molecule has 1 N–H and O–H groups in total. The van der Waals surface area contributed by atoms with Crippen LogP contribution in [0.25, 0.3) is 16.7 Å². The first kappa shape index (κ1) is 16.6. The zero-order chi connectivity index (χ0) is 17.6. The van der Waals surface area contributed by atoms with Gasteiger partial charge in [0.1, 0.15) is 5.03 Å². The van der Waals surface area contributed by atoms with Gasteiger partial charge in [-0.25, -0.2) is 4.98 Å². The predicted molar refractivity (Wildman–Crippen MR) is 87.3 cm³/mol. The van der Waals surface area contributed by atoms with E-state index in [-0.39, 0.29) is 17.8 Å². The number of aliphatic hydroxyl groups is 1. The second-order valence-electron chi connectivity index (χ2n) is 6.06. The molecule has 0 spiro atoms. The minimum atomic E-state index is -4.63. The van der Waals surface area contributed by atoms with Crippen molar-refractivity contribution in [1.82, 2.24) is 19.6 Å². The SMILES string of the molecule is OCc1cccc2c1nc(SC1CCCC1)c1nnc(C(F)(F)F)n12. The zero-order valence-electron chi connectivity index (χ0n) is 13.1. The van der Waals surface area contributed by atoms with Gasteiger partial charge in [0.25, 0.3) is 0 Å². The lowest BCUT2D eigenvalue weighted by atomic mass is 10.2. The normalized spacial score (nSPS) is 16.3. The number of alkyl halides is 3. The number of rotatable bonds is 3. The zero-order valence-corrected chi connectivity index (χ0v) is 13.9. The lowest BCUT2D eigenvalue weighted by molar-refractivity contribution is -0.145. The molecule has 0 saturated heterocycles. The molecule has 0 atom stereocenters. The predicted octanol–water partition coefficient (Wildman–Crippen LogP) is 3.82. The molecule has 0 radical (unpaired) electrons. The van der Waals surface area contributed by atoms with E-state index in [0.29, 0.717) is 21.4 Å². The minimum absolute atomic E-state index is 0.117. The summed E-state index contributed by atoms with van der Waals surface area (Å²) in [5.41, 5.74) is 1.19. The van der Waals surface area contributed by atoms with E-state index in [1.807, 2.05) is 0 Å². The third-order valence-electron chi connectivity index (χ3n) is 4.41. The van der Waals surface area contributed by atoms with Crippen molar-refractivity contribution < 1.29 is 18.3 Å². The Morgan fingerprint density at radius 3 is 2.64 bits per heavy atom. The van der Waals surface area contributed by atoms with Crippen LogP contribution in [0.15, 0.2) is 23.2 Å². The number of nitrogens with zero attached hydrogens (tertiary/aromatic N) is 4. The van der Waals surface area contributed by atoms with E-state index in [0.717, 1.165) is 30.1 Å². The molecular weight excluding hydrogens is 353 g/mol. The van der Waals surface area contributed by atoms with E-state index in [1.54, 1.807) is 12.1 Å². The highest BCUT2D eigenvalue weighted by Gasteiger charge is 2.38. The molecule has 9 heteroatoms. The van der Waals surface area contributed by atoms with Gasteiger partial charge in [0.05, 0.1) is 17.6 Å². The Hall–Kier alpha value is -1.87. The van der Waals surface area contributed by atoms with Gasteiger partial charge in [-0.3, -0.25) is 4.40 Å². The Kier molecular flexibility index (Phi) is 4.07. The Labute approximate surface area is 145 Å². The van der Waals surface area contributed by atoms with Crippen LogP contribution in [-0.2, 0) is 12.8 Å². The first-order chi connectivity index (χ1) is 12.0. The number of hydrogen-bond donors (Lipinski definition) is 1. The molecule has 3 aromatic rings. The molecule has 132 valence electrons. The van der Waals surface area contributed by atoms with Crippen LogP contribution in [-0.4, -0.2) is 29.9 Å². The average Bonchev–Trinajstić information content (AvgIpc) is 3.23. The number of hydrogen-bond acceptors (Lipinski definition) is 5. The van der Waals surface area contributed by atoms with Crippen LogP contribution >= 0.6 is 11.8 Å². The monoisotopic (exact) mass is 368 g/mol. The van der Waals surface area contributed by atoms with Crippen LogP contribution in [0.1, 0.15) is 37.1 Å². The van der Waals surface area contributed by atoms with Crippen molar-refractivity contribution in [2.75, 3.05) is 0 Å². The standard InChI is InChI=1S/C16H15F3N4OS/c17-16(18,19)15-22-21-13-14(25-10-5-1-2-6-10)20-12-9(8-24)4-3-7-11(12)23(13)15/h3-4,7,10,24H,1-2,5-6,8H2. The maximum absolute atomic E-state index is 13.4. The van der Waals surface area contributed by atoms with Crippen molar-refractivity contribution >= 4 is 28.4 Å². The van der Waals surface area contributed by atoms with E-state index in [4.69, 9.17) is 0 Å². The lowest BCUT2D eigenvalue weighted by Gasteiger charge is -2.13. The number of halogens is 3. The molecule has 0 bridgehead atoms. The minimum Gasteiger partial charge on any atom is -0.392 e. The van der Waals surface area contributed by atoms with Gasteiger partial charge in [-0.1, -0.05) is 36.7 Å². The second-order valence-corrected chi connectivity index (χ2v) is 7.35. The number of benzene rings is 1. The molecule has 1 aromatic carbocycles. The fraction of sp³-hybridized carbons (Fsp3) is 0.438. The third kappa shape index (κ3) is 2.85. The second kappa shape index (κ2) is 6.14. The Bertz CT molecular complexity index is 934. The summed E-state index contributed by atoms with van der Waals surface area (Å²) in [4.78, 5) is 4.55. The Balaban J connectivity index is 2.01. The van der Waals surface area contributed by atoms with E-state index in [2.05, 4.69) is 15.2 Å². The Morgan fingerprint density at radius 2 is 1.96 bits per heavy atom. The molecule has 1 aliphatic rings. The molecule has 1 aliphatic carbocycles. The van der Waals surface area contributed by atoms with Gasteiger partial charge in [0.2, 0.25) is 5.82 Å². The van der Waals surface area contributed by atoms with E-state index in [9.17, 15) is 18.3 Å². The molecular formula is C16H15F3N4OS. The van der Waals surface area contributed by atoms with Crippen LogP contribution in [0, 0.1) is 0 Å². The van der Waals surface area contributed by atoms with Gasteiger partial charge in [-0.05, 0) is 18.9 Å². The topological polar surface area (TPSA) is 63.3 Å². The fourth-order valence-electron chi connectivity index (χ4n) is 3.24. The summed E-state index contributed by atoms with van der Waals surface area (Å²) in [6.45, 7) is -0.299. The van der Waals surface area contributed by atoms with Gasteiger partial charge in [0, 0.05) is 10.8 Å².